The van der Waals surface area contributed by atoms with Crippen molar-refractivity contribution in [2.75, 3.05) is 36.6 Å². The summed E-state index contributed by atoms with van der Waals surface area (Å²) in [7, 11) is -2.30. The van der Waals surface area contributed by atoms with Gasteiger partial charge in [0.05, 0.1) is 29.0 Å². The molecule has 144 valence electrons. The summed E-state index contributed by atoms with van der Waals surface area (Å²) in [5.41, 5.74) is 6.44. The maximum atomic E-state index is 12.9. The van der Waals surface area contributed by atoms with E-state index in [1.165, 1.54) is 0 Å². The van der Waals surface area contributed by atoms with Crippen LogP contribution in [0.25, 0.3) is 11.4 Å². The number of nitrogen functional groups attached to an aromatic ring is 1. The van der Waals surface area contributed by atoms with Crippen LogP contribution in [0.3, 0.4) is 0 Å². The van der Waals surface area contributed by atoms with Crippen molar-refractivity contribution < 1.29 is 8.95 Å². The number of hydrogen-bond donors (Lipinski definition) is 1. The summed E-state index contributed by atoms with van der Waals surface area (Å²) in [5, 5.41) is 0.167. The first-order valence-electron chi connectivity index (χ1n) is 9.09. The molecule has 0 aromatic carbocycles. The third-order valence-electron chi connectivity index (χ3n) is 4.82. The van der Waals surface area contributed by atoms with E-state index in [9.17, 15) is 4.21 Å². The second kappa shape index (κ2) is 7.05. The highest BCUT2D eigenvalue weighted by atomic mass is 32.2. The second-order valence-electron chi connectivity index (χ2n) is 7.15. The minimum atomic E-state index is -2.30. The third kappa shape index (κ3) is 4.03. The van der Waals surface area contributed by atoms with Crippen LogP contribution in [0.5, 0.6) is 0 Å². The molecule has 2 atom stereocenters. The number of pyridine rings is 1. The predicted octanol–water partition coefficient (Wildman–Crippen LogP) is 2.24. The molecule has 2 aromatic rings. The van der Waals surface area contributed by atoms with Crippen LogP contribution < -0.4 is 10.6 Å². The quantitative estimate of drug-likeness (QED) is 0.856. The first-order chi connectivity index (χ1) is 12.9. The summed E-state index contributed by atoms with van der Waals surface area (Å²) in [5.74, 6) is 2.15. The smallest absolute Gasteiger partial charge is 0.167 e. The Hall–Kier alpha value is -2.26. The number of rotatable bonds is 4. The van der Waals surface area contributed by atoms with E-state index in [1.807, 2.05) is 12.1 Å². The van der Waals surface area contributed by atoms with E-state index < -0.39 is 9.73 Å². The number of ether oxygens (including phenoxy) is 1. The van der Waals surface area contributed by atoms with Crippen molar-refractivity contribution in [3.8, 4) is 11.4 Å². The molecule has 1 aliphatic carbocycles. The summed E-state index contributed by atoms with van der Waals surface area (Å²) in [6.07, 6.45) is 5.29. The predicted molar refractivity (Wildman–Crippen MR) is 106 cm³/mol. The number of hydrogen-bond acceptors (Lipinski definition) is 8. The fourth-order valence-corrected chi connectivity index (χ4v) is 4.74. The Kier molecular flexibility index (Phi) is 4.73. The molecule has 8 nitrogen and oxygen atoms in total. The fourth-order valence-electron chi connectivity index (χ4n) is 3.12. The highest BCUT2D eigenvalue weighted by molar-refractivity contribution is 7.93. The molecule has 1 saturated carbocycles. The average molecular weight is 388 g/mol. The Morgan fingerprint density at radius 2 is 2.15 bits per heavy atom. The van der Waals surface area contributed by atoms with Crippen molar-refractivity contribution >= 4 is 27.2 Å². The van der Waals surface area contributed by atoms with Gasteiger partial charge in [0.2, 0.25) is 0 Å². The highest BCUT2D eigenvalue weighted by Crippen LogP contribution is 2.32. The number of nitrogens with zero attached hydrogens (tertiary/aromatic N) is 5. The lowest BCUT2D eigenvalue weighted by molar-refractivity contribution is 0.0985. The van der Waals surface area contributed by atoms with E-state index in [2.05, 4.69) is 26.2 Å². The van der Waals surface area contributed by atoms with E-state index in [-0.39, 0.29) is 11.3 Å². The maximum Gasteiger partial charge on any atom is 0.167 e. The van der Waals surface area contributed by atoms with Gasteiger partial charge in [0, 0.05) is 35.9 Å². The Labute approximate surface area is 159 Å². The molecule has 0 spiro atoms. The summed E-state index contributed by atoms with van der Waals surface area (Å²) >= 11 is 0. The standard InChI is InChI=1S/C18H24N6O2S/c1-12-11-26-8-7-24(12)17-9-16(23-27(2,25)14-4-5-14)21-18(22-17)13-3-6-15(19)20-10-13/h3,6,9-10,12,14H,4-5,7-8,11H2,1-2H3,(H2,19,20)/t12-,27+/m1/s1. The molecule has 0 radical (unpaired) electrons. The highest BCUT2D eigenvalue weighted by Gasteiger charge is 2.31. The summed E-state index contributed by atoms with van der Waals surface area (Å²) in [6.45, 7) is 4.12. The number of nitrogens with two attached hydrogens (primary N) is 1. The van der Waals surface area contributed by atoms with Gasteiger partial charge >= 0.3 is 0 Å². The Bertz CT molecular complexity index is 951. The molecule has 2 fully saturated rings. The van der Waals surface area contributed by atoms with Crippen LogP contribution >= 0.6 is 0 Å². The van der Waals surface area contributed by atoms with Gasteiger partial charge in [0.25, 0.3) is 0 Å². The van der Waals surface area contributed by atoms with Gasteiger partial charge in [-0.05, 0) is 31.9 Å². The van der Waals surface area contributed by atoms with Crippen LogP contribution in [0.4, 0.5) is 17.5 Å². The van der Waals surface area contributed by atoms with E-state index in [4.69, 9.17) is 15.5 Å². The van der Waals surface area contributed by atoms with E-state index in [1.54, 1.807) is 18.5 Å². The first kappa shape index (κ1) is 18.1. The minimum Gasteiger partial charge on any atom is -0.384 e. The van der Waals surface area contributed by atoms with Crippen LogP contribution in [0, 0.1) is 0 Å². The molecule has 0 amide bonds. The van der Waals surface area contributed by atoms with Crippen molar-refractivity contribution in [2.45, 2.75) is 31.1 Å². The number of anilines is 2. The molecule has 27 heavy (non-hydrogen) atoms. The number of aromatic nitrogens is 3. The van der Waals surface area contributed by atoms with Crippen molar-refractivity contribution in [3.63, 3.8) is 0 Å². The van der Waals surface area contributed by atoms with Crippen molar-refractivity contribution in [3.05, 3.63) is 24.4 Å². The lowest BCUT2D eigenvalue weighted by Gasteiger charge is -2.34. The van der Waals surface area contributed by atoms with E-state index >= 15 is 0 Å². The van der Waals surface area contributed by atoms with Crippen molar-refractivity contribution in [1.29, 1.82) is 0 Å². The molecule has 3 heterocycles. The van der Waals surface area contributed by atoms with Crippen LogP contribution in [0.2, 0.25) is 0 Å². The lowest BCUT2D eigenvalue weighted by atomic mass is 10.2. The van der Waals surface area contributed by atoms with Gasteiger partial charge in [-0.3, -0.25) is 0 Å². The largest absolute Gasteiger partial charge is 0.384 e. The van der Waals surface area contributed by atoms with Gasteiger partial charge in [0.15, 0.2) is 11.6 Å². The van der Waals surface area contributed by atoms with Crippen molar-refractivity contribution in [1.82, 2.24) is 15.0 Å². The molecule has 2 aromatic heterocycles. The lowest BCUT2D eigenvalue weighted by Crippen LogP contribution is -2.44. The van der Waals surface area contributed by atoms with Crippen LogP contribution in [0.1, 0.15) is 19.8 Å². The zero-order valence-corrected chi connectivity index (χ0v) is 16.4. The first-order valence-corrected chi connectivity index (χ1v) is 11.1. The molecule has 1 saturated heterocycles. The Morgan fingerprint density at radius 3 is 2.81 bits per heavy atom. The minimum absolute atomic E-state index is 0.167. The monoisotopic (exact) mass is 388 g/mol. The van der Waals surface area contributed by atoms with Crippen LogP contribution in [0.15, 0.2) is 28.8 Å². The Balaban J connectivity index is 1.80. The molecule has 2 aliphatic rings. The van der Waals surface area contributed by atoms with E-state index in [0.717, 1.165) is 30.8 Å². The molecule has 2 N–H and O–H groups in total. The van der Waals surface area contributed by atoms with Gasteiger partial charge < -0.3 is 15.4 Å². The average Bonchev–Trinajstić information content (AvgIpc) is 3.48. The van der Waals surface area contributed by atoms with E-state index in [0.29, 0.717) is 30.7 Å². The SMILES string of the molecule is C[C@@H]1COCCN1c1cc(N=[S@@](C)(=O)C2CC2)nc(-c2ccc(N)nc2)n1. The molecule has 0 bridgehead atoms. The van der Waals surface area contributed by atoms with Crippen molar-refractivity contribution in [2.24, 2.45) is 4.36 Å². The molecule has 4 rings (SSSR count). The number of morpholine rings is 1. The topological polar surface area (TPSA) is 107 Å². The fraction of sp³-hybridized carbons (Fsp3) is 0.500. The zero-order chi connectivity index (χ0) is 19.0. The van der Waals surface area contributed by atoms with Gasteiger partial charge in [-0.25, -0.2) is 19.2 Å². The van der Waals surface area contributed by atoms with Crippen LogP contribution in [-0.2, 0) is 14.5 Å². The third-order valence-corrected chi connectivity index (χ3v) is 7.08. The molecule has 0 unspecified atom stereocenters. The summed E-state index contributed by atoms with van der Waals surface area (Å²) in [4.78, 5) is 15.6. The second-order valence-corrected chi connectivity index (χ2v) is 9.72. The zero-order valence-electron chi connectivity index (χ0n) is 15.5. The normalized spacial score (nSPS) is 22.3. The maximum absolute atomic E-state index is 12.9. The molecular formula is C18H24N6O2S. The molecule has 1 aliphatic heterocycles. The van der Waals surface area contributed by atoms with Gasteiger partial charge in [0.1, 0.15) is 11.6 Å². The van der Waals surface area contributed by atoms with Crippen LogP contribution in [-0.4, -0.2) is 56.5 Å². The summed E-state index contributed by atoms with van der Waals surface area (Å²) in [6, 6.07) is 5.56. The molecule has 9 heteroatoms. The van der Waals surface area contributed by atoms with Gasteiger partial charge in [-0.1, -0.05) is 0 Å². The van der Waals surface area contributed by atoms with Gasteiger partial charge in [-0.2, -0.15) is 4.36 Å². The Morgan fingerprint density at radius 1 is 1.33 bits per heavy atom. The summed E-state index contributed by atoms with van der Waals surface area (Å²) < 4.78 is 22.9. The van der Waals surface area contributed by atoms with Gasteiger partial charge in [-0.15, -0.1) is 0 Å². The molecular weight excluding hydrogens is 364 g/mol.